The lowest BCUT2D eigenvalue weighted by Gasteiger charge is -2.10. The van der Waals surface area contributed by atoms with Gasteiger partial charge in [-0.15, -0.1) is 11.3 Å². The molecular weight excluding hydrogens is 354 g/mol. The number of carbonyl (C=O) groups is 2. The molecule has 120 valence electrons. The molecule has 1 aromatic heterocycles. The maximum Gasteiger partial charge on any atom is 0.279 e. The van der Waals surface area contributed by atoms with E-state index in [1.54, 1.807) is 23.6 Å². The minimum Gasteiger partial charge on any atom is -0.302 e. The first-order valence-corrected chi connectivity index (χ1v) is 8.40. The summed E-state index contributed by atoms with van der Waals surface area (Å²) in [4.78, 5) is 24.1. The minimum atomic E-state index is -0.312. The normalized spacial score (nSPS) is 9.96. The summed E-state index contributed by atoms with van der Waals surface area (Å²) in [5.74, 6) is -0.569. The minimum absolute atomic E-state index is 0.0408. The summed E-state index contributed by atoms with van der Waals surface area (Å²) in [7, 11) is 0. The zero-order chi connectivity index (χ0) is 16.7. The standard InChI is InChI=1S/C15H14ClN3O2S2/c16-11-5-2-1-4-10(11)7-8-13(20)17-15(22)19-18-14(21)12-6-3-9-23-12/h1-6,9H,7-8H2,(H,18,21)(H2,17,19,20,22). The van der Waals surface area contributed by atoms with Gasteiger partial charge in [0.2, 0.25) is 5.91 Å². The number of rotatable bonds is 4. The van der Waals surface area contributed by atoms with Gasteiger partial charge in [0.05, 0.1) is 4.88 Å². The third kappa shape index (κ3) is 5.63. The molecule has 0 spiro atoms. The molecule has 0 atom stereocenters. The summed E-state index contributed by atoms with van der Waals surface area (Å²) >= 11 is 12.3. The number of hydrazine groups is 1. The van der Waals surface area contributed by atoms with Crippen molar-refractivity contribution < 1.29 is 9.59 Å². The first-order valence-electron chi connectivity index (χ1n) is 6.73. The fourth-order valence-electron chi connectivity index (χ4n) is 1.75. The molecule has 2 aromatic rings. The monoisotopic (exact) mass is 367 g/mol. The van der Waals surface area contributed by atoms with E-state index >= 15 is 0 Å². The Morgan fingerprint density at radius 1 is 1.13 bits per heavy atom. The summed E-state index contributed by atoms with van der Waals surface area (Å²) < 4.78 is 0. The molecule has 0 aliphatic heterocycles. The predicted molar refractivity (Wildman–Crippen MR) is 95.4 cm³/mol. The molecule has 2 rings (SSSR count). The molecule has 1 heterocycles. The van der Waals surface area contributed by atoms with Crippen molar-refractivity contribution in [1.29, 1.82) is 0 Å². The number of hydrogen-bond donors (Lipinski definition) is 3. The Hall–Kier alpha value is -1.96. The number of aryl methyl sites for hydroxylation is 1. The molecule has 1 aromatic carbocycles. The van der Waals surface area contributed by atoms with Gasteiger partial charge in [0.15, 0.2) is 5.11 Å². The summed E-state index contributed by atoms with van der Waals surface area (Å²) in [5, 5.41) is 4.96. The Labute approximate surface area is 148 Å². The quantitative estimate of drug-likeness (QED) is 0.574. The predicted octanol–water partition coefficient (Wildman–Crippen LogP) is 2.67. The number of hydrogen-bond acceptors (Lipinski definition) is 4. The Balaban J connectivity index is 1.71. The van der Waals surface area contributed by atoms with Gasteiger partial charge in [-0.1, -0.05) is 35.9 Å². The van der Waals surface area contributed by atoms with Crippen LogP contribution in [0.2, 0.25) is 5.02 Å². The molecule has 23 heavy (non-hydrogen) atoms. The molecule has 8 heteroatoms. The van der Waals surface area contributed by atoms with Gasteiger partial charge in [-0.05, 0) is 41.7 Å². The highest BCUT2D eigenvalue weighted by atomic mass is 35.5. The molecule has 0 saturated carbocycles. The first kappa shape index (κ1) is 17.4. The van der Waals surface area contributed by atoms with Crippen LogP contribution in [0.15, 0.2) is 41.8 Å². The summed E-state index contributed by atoms with van der Waals surface area (Å²) in [6.07, 6.45) is 0.750. The third-order valence-electron chi connectivity index (χ3n) is 2.87. The Morgan fingerprint density at radius 3 is 2.61 bits per heavy atom. The number of carbonyl (C=O) groups excluding carboxylic acids is 2. The van der Waals surface area contributed by atoms with Crippen molar-refractivity contribution >= 4 is 52.1 Å². The smallest absolute Gasteiger partial charge is 0.279 e. The number of nitrogens with one attached hydrogen (secondary N) is 3. The molecule has 0 saturated heterocycles. The molecule has 0 aliphatic rings. The maximum absolute atomic E-state index is 11.8. The van der Waals surface area contributed by atoms with Crippen molar-refractivity contribution in [2.45, 2.75) is 12.8 Å². The zero-order valence-corrected chi connectivity index (χ0v) is 14.4. The van der Waals surface area contributed by atoms with Crippen LogP contribution in [0.5, 0.6) is 0 Å². The van der Waals surface area contributed by atoms with E-state index in [-0.39, 0.29) is 23.3 Å². The average molecular weight is 368 g/mol. The lowest BCUT2D eigenvalue weighted by molar-refractivity contribution is -0.119. The van der Waals surface area contributed by atoms with Crippen molar-refractivity contribution in [2.75, 3.05) is 0 Å². The van der Waals surface area contributed by atoms with E-state index in [9.17, 15) is 9.59 Å². The Kier molecular flexibility index (Phi) is 6.52. The van der Waals surface area contributed by atoms with Crippen molar-refractivity contribution in [3.05, 3.63) is 57.2 Å². The van der Waals surface area contributed by atoms with Crippen LogP contribution < -0.4 is 16.2 Å². The zero-order valence-electron chi connectivity index (χ0n) is 12.0. The van der Waals surface area contributed by atoms with Crippen LogP contribution in [0.25, 0.3) is 0 Å². The van der Waals surface area contributed by atoms with Gasteiger partial charge in [-0.3, -0.25) is 20.4 Å². The second kappa shape index (κ2) is 8.61. The Bertz CT molecular complexity index is 705. The highest BCUT2D eigenvalue weighted by Gasteiger charge is 2.09. The molecule has 5 nitrogen and oxygen atoms in total. The topological polar surface area (TPSA) is 70.2 Å². The molecule has 2 amide bonds. The van der Waals surface area contributed by atoms with Crippen LogP contribution in [-0.4, -0.2) is 16.9 Å². The fourth-order valence-corrected chi connectivity index (χ4v) is 2.77. The second-order valence-electron chi connectivity index (χ2n) is 4.53. The number of halogens is 1. The van der Waals surface area contributed by atoms with E-state index in [0.717, 1.165) is 5.56 Å². The fraction of sp³-hybridized carbons (Fsp3) is 0.133. The van der Waals surface area contributed by atoms with E-state index < -0.39 is 0 Å². The third-order valence-corrected chi connectivity index (χ3v) is 4.31. The molecular formula is C15H14ClN3O2S2. The number of benzene rings is 1. The van der Waals surface area contributed by atoms with E-state index in [2.05, 4.69) is 16.2 Å². The van der Waals surface area contributed by atoms with Gasteiger partial charge in [0.25, 0.3) is 5.91 Å². The van der Waals surface area contributed by atoms with Gasteiger partial charge in [0.1, 0.15) is 0 Å². The molecule has 0 aliphatic carbocycles. The van der Waals surface area contributed by atoms with Crippen molar-refractivity contribution in [3.8, 4) is 0 Å². The second-order valence-corrected chi connectivity index (χ2v) is 6.29. The van der Waals surface area contributed by atoms with E-state index in [4.69, 9.17) is 23.8 Å². The Morgan fingerprint density at radius 2 is 1.91 bits per heavy atom. The number of thiophene rings is 1. The van der Waals surface area contributed by atoms with Crippen LogP contribution in [-0.2, 0) is 11.2 Å². The first-order chi connectivity index (χ1) is 11.1. The highest BCUT2D eigenvalue weighted by molar-refractivity contribution is 7.80. The van der Waals surface area contributed by atoms with Crippen LogP contribution in [0.3, 0.4) is 0 Å². The summed E-state index contributed by atoms with van der Waals surface area (Å²) in [6.45, 7) is 0. The van der Waals surface area contributed by atoms with E-state index in [0.29, 0.717) is 16.3 Å². The molecule has 0 unspecified atom stereocenters. The number of amides is 2. The molecule has 0 bridgehead atoms. The van der Waals surface area contributed by atoms with Crippen LogP contribution in [0.1, 0.15) is 21.7 Å². The van der Waals surface area contributed by atoms with Crippen LogP contribution >= 0.6 is 35.2 Å². The van der Waals surface area contributed by atoms with Crippen LogP contribution in [0.4, 0.5) is 0 Å². The maximum atomic E-state index is 11.8. The van der Waals surface area contributed by atoms with Crippen LogP contribution in [0, 0.1) is 0 Å². The average Bonchev–Trinajstić information content (AvgIpc) is 3.06. The highest BCUT2D eigenvalue weighted by Crippen LogP contribution is 2.16. The number of thiocarbonyl (C=S) groups is 1. The van der Waals surface area contributed by atoms with E-state index in [1.165, 1.54) is 11.3 Å². The molecule has 3 N–H and O–H groups in total. The lowest BCUT2D eigenvalue weighted by atomic mass is 10.1. The van der Waals surface area contributed by atoms with Gasteiger partial charge in [-0.25, -0.2) is 0 Å². The molecule has 0 radical (unpaired) electrons. The lowest BCUT2D eigenvalue weighted by Crippen LogP contribution is -2.48. The SMILES string of the molecule is O=C(CCc1ccccc1Cl)NC(=S)NNC(=O)c1cccs1. The van der Waals surface area contributed by atoms with Gasteiger partial charge in [0, 0.05) is 11.4 Å². The van der Waals surface area contributed by atoms with Gasteiger partial charge in [-0.2, -0.15) is 0 Å². The van der Waals surface area contributed by atoms with Gasteiger partial charge >= 0.3 is 0 Å². The largest absolute Gasteiger partial charge is 0.302 e. The summed E-state index contributed by atoms with van der Waals surface area (Å²) in [5.41, 5.74) is 5.81. The van der Waals surface area contributed by atoms with Crippen molar-refractivity contribution in [2.24, 2.45) is 0 Å². The van der Waals surface area contributed by atoms with Crippen molar-refractivity contribution in [3.63, 3.8) is 0 Å². The van der Waals surface area contributed by atoms with E-state index in [1.807, 2.05) is 18.2 Å². The van der Waals surface area contributed by atoms with Gasteiger partial charge < -0.3 is 5.32 Å². The van der Waals surface area contributed by atoms with Crippen molar-refractivity contribution in [1.82, 2.24) is 16.2 Å². The summed E-state index contributed by atoms with van der Waals surface area (Å²) in [6, 6.07) is 10.8. The molecule has 0 fully saturated rings.